The van der Waals surface area contributed by atoms with Crippen LogP contribution in [0.15, 0.2) is 52.3 Å². The Kier molecular flexibility index (Phi) is 4.10. The van der Waals surface area contributed by atoms with E-state index in [1.54, 1.807) is 18.7 Å². The van der Waals surface area contributed by atoms with Crippen LogP contribution in [0, 0.1) is 13.8 Å². The van der Waals surface area contributed by atoms with Gasteiger partial charge in [0.25, 0.3) is 0 Å². The Morgan fingerprint density at radius 2 is 1.67 bits per heavy atom. The predicted octanol–water partition coefficient (Wildman–Crippen LogP) is 4.51. The lowest BCUT2D eigenvalue weighted by Crippen LogP contribution is -1.89. The summed E-state index contributed by atoms with van der Waals surface area (Å²) in [5.74, 6) is 0. The molecule has 0 aliphatic rings. The van der Waals surface area contributed by atoms with Gasteiger partial charge in [-0.2, -0.15) is 0 Å². The lowest BCUT2D eigenvalue weighted by molar-refractivity contribution is 0.199. The van der Waals surface area contributed by atoms with Gasteiger partial charge in [-0.05, 0) is 50.1 Å². The maximum Gasteiger partial charge on any atom is 0.0761 e. The highest BCUT2D eigenvalue weighted by Gasteiger charge is 2.03. The summed E-state index contributed by atoms with van der Waals surface area (Å²) in [6, 6.07) is 14.6. The standard InChI is InChI=1S/C16H18OS/c1-11-4-9-16(12(2)10-11)18-15-7-5-14(6-8-15)13(3)17/h4-10,13,17H,1-3H3. The summed E-state index contributed by atoms with van der Waals surface area (Å²) in [4.78, 5) is 2.48. The molecular formula is C16H18OS. The van der Waals surface area contributed by atoms with Crippen molar-refractivity contribution in [2.24, 2.45) is 0 Å². The average molecular weight is 258 g/mol. The summed E-state index contributed by atoms with van der Waals surface area (Å²) in [6.45, 7) is 6.03. The molecule has 0 fully saturated rings. The Hall–Kier alpha value is -1.25. The lowest BCUT2D eigenvalue weighted by Gasteiger charge is -2.08. The van der Waals surface area contributed by atoms with Crippen LogP contribution in [0.4, 0.5) is 0 Å². The van der Waals surface area contributed by atoms with Crippen LogP contribution < -0.4 is 0 Å². The number of hydrogen-bond donors (Lipinski definition) is 1. The zero-order valence-electron chi connectivity index (χ0n) is 11.0. The van der Waals surface area contributed by atoms with Crippen molar-refractivity contribution in [3.8, 4) is 0 Å². The van der Waals surface area contributed by atoms with Gasteiger partial charge in [-0.15, -0.1) is 0 Å². The van der Waals surface area contributed by atoms with Gasteiger partial charge in [0.1, 0.15) is 0 Å². The van der Waals surface area contributed by atoms with E-state index in [4.69, 9.17) is 0 Å². The number of hydrogen-bond acceptors (Lipinski definition) is 2. The fourth-order valence-corrected chi connectivity index (χ4v) is 2.74. The number of aryl methyl sites for hydroxylation is 2. The molecule has 0 aliphatic heterocycles. The van der Waals surface area contributed by atoms with Crippen molar-refractivity contribution >= 4 is 11.8 Å². The molecular weight excluding hydrogens is 240 g/mol. The summed E-state index contributed by atoms with van der Waals surface area (Å²) in [5.41, 5.74) is 3.56. The van der Waals surface area contributed by atoms with E-state index >= 15 is 0 Å². The second kappa shape index (κ2) is 5.59. The first-order valence-corrected chi connectivity index (χ1v) is 6.91. The van der Waals surface area contributed by atoms with Gasteiger partial charge in [0.05, 0.1) is 6.10 Å². The molecule has 2 aromatic carbocycles. The molecule has 2 heteroatoms. The molecule has 0 radical (unpaired) electrons. The Morgan fingerprint density at radius 3 is 2.22 bits per heavy atom. The highest BCUT2D eigenvalue weighted by Crippen LogP contribution is 2.31. The first-order chi connectivity index (χ1) is 8.56. The number of aliphatic hydroxyl groups excluding tert-OH is 1. The van der Waals surface area contributed by atoms with Gasteiger partial charge >= 0.3 is 0 Å². The van der Waals surface area contributed by atoms with Crippen LogP contribution in [0.1, 0.15) is 29.7 Å². The minimum atomic E-state index is -0.398. The van der Waals surface area contributed by atoms with E-state index in [0.717, 1.165) is 5.56 Å². The van der Waals surface area contributed by atoms with E-state index < -0.39 is 6.10 Å². The Labute approximate surface area is 113 Å². The molecule has 0 heterocycles. The zero-order chi connectivity index (χ0) is 13.1. The van der Waals surface area contributed by atoms with Crippen molar-refractivity contribution in [2.45, 2.75) is 36.7 Å². The molecule has 2 rings (SSSR count). The fourth-order valence-electron chi connectivity index (χ4n) is 1.86. The van der Waals surface area contributed by atoms with E-state index in [2.05, 4.69) is 44.2 Å². The maximum atomic E-state index is 9.47. The van der Waals surface area contributed by atoms with Crippen LogP contribution in [0.25, 0.3) is 0 Å². The minimum Gasteiger partial charge on any atom is -0.389 e. The third-order valence-corrected chi connectivity index (χ3v) is 4.11. The molecule has 94 valence electrons. The fraction of sp³-hybridized carbons (Fsp3) is 0.250. The molecule has 0 aliphatic carbocycles. The Morgan fingerprint density at radius 1 is 1.00 bits per heavy atom. The van der Waals surface area contributed by atoms with Crippen molar-refractivity contribution in [1.82, 2.24) is 0 Å². The molecule has 1 atom stereocenters. The zero-order valence-corrected chi connectivity index (χ0v) is 11.8. The van der Waals surface area contributed by atoms with Gasteiger partial charge in [-0.25, -0.2) is 0 Å². The highest BCUT2D eigenvalue weighted by atomic mass is 32.2. The molecule has 1 nitrogen and oxygen atoms in total. The molecule has 0 aromatic heterocycles. The monoisotopic (exact) mass is 258 g/mol. The topological polar surface area (TPSA) is 20.2 Å². The number of aliphatic hydroxyl groups is 1. The van der Waals surface area contributed by atoms with Crippen LogP contribution >= 0.6 is 11.8 Å². The first kappa shape index (κ1) is 13.2. The van der Waals surface area contributed by atoms with E-state index in [1.807, 2.05) is 12.1 Å². The van der Waals surface area contributed by atoms with Crippen LogP contribution in [0.3, 0.4) is 0 Å². The summed E-state index contributed by atoms with van der Waals surface area (Å²) < 4.78 is 0. The Bertz CT molecular complexity index is 529. The first-order valence-electron chi connectivity index (χ1n) is 6.09. The van der Waals surface area contributed by atoms with Crippen molar-refractivity contribution < 1.29 is 5.11 Å². The van der Waals surface area contributed by atoms with Gasteiger partial charge < -0.3 is 5.11 Å². The van der Waals surface area contributed by atoms with Gasteiger partial charge in [0.15, 0.2) is 0 Å². The molecule has 0 saturated carbocycles. The number of benzene rings is 2. The summed E-state index contributed by atoms with van der Waals surface area (Å²) in [7, 11) is 0. The molecule has 1 unspecified atom stereocenters. The molecule has 2 aromatic rings. The minimum absolute atomic E-state index is 0.398. The normalized spacial score (nSPS) is 12.4. The summed E-state index contributed by atoms with van der Waals surface area (Å²) in [6.07, 6.45) is -0.398. The molecule has 0 spiro atoms. The number of rotatable bonds is 3. The molecule has 18 heavy (non-hydrogen) atoms. The third kappa shape index (κ3) is 3.15. The van der Waals surface area contributed by atoms with Crippen LogP contribution in [-0.4, -0.2) is 5.11 Å². The smallest absolute Gasteiger partial charge is 0.0761 e. The van der Waals surface area contributed by atoms with Gasteiger partial charge in [-0.3, -0.25) is 0 Å². The average Bonchev–Trinajstić information content (AvgIpc) is 2.33. The quantitative estimate of drug-likeness (QED) is 0.874. The second-order valence-corrected chi connectivity index (χ2v) is 5.73. The van der Waals surface area contributed by atoms with Crippen LogP contribution in [0.2, 0.25) is 0 Å². The van der Waals surface area contributed by atoms with Crippen LogP contribution in [-0.2, 0) is 0 Å². The molecule has 0 amide bonds. The SMILES string of the molecule is Cc1ccc(Sc2ccc(C(C)O)cc2)c(C)c1. The van der Waals surface area contributed by atoms with E-state index in [0.29, 0.717) is 0 Å². The molecule has 1 N–H and O–H groups in total. The van der Waals surface area contributed by atoms with Crippen molar-refractivity contribution in [1.29, 1.82) is 0 Å². The van der Waals surface area contributed by atoms with Crippen molar-refractivity contribution in [2.75, 3.05) is 0 Å². The third-order valence-electron chi connectivity index (χ3n) is 2.92. The summed E-state index contributed by atoms with van der Waals surface area (Å²) in [5, 5.41) is 9.47. The molecule has 0 saturated heterocycles. The van der Waals surface area contributed by atoms with Crippen LogP contribution in [0.5, 0.6) is 0 Å². The lowest BCUT2D eigenvalue weighted by atomic mass is 10.1. The Balaban J connectivity index is 2.18. The largest absolute Gasteiger partial charge is 0.389 e. The predicted molar refractivity (Wildman–Crippen MR) is 77.1 cm³/mol. The van der Waals surface area contributed by atoms with E-state index in [9.17, 15) is 5.11 Å². The summed E-state index contributed by atoms with van der Waals surface area (Å²) >= 11 is 1.76. The van der Waals surface area contributed by atoms with E-state index in [1.165, 1.54) is 20.9 Å². The van der Waals surface area contributed by atoms with Crippen molar-refractivity contribution in [3.05, 3.63) is 59.2 Å². The van der Waals surface area contributed by atoms with E-state index in [-0.39, 0.29) is 0 Å². The second-order valence-electron chi connectivity index (χ2n) is 4.62. The van der Waals surface area contributed by atoms with Gasteiger partial charge in [0, 0.05) is 9.79 Å². The van der Waals surface area contributed by atoms with Gasteiger partial charge in [0.2, 0.25) is 0 Å². The highest BCUT2D eigenvalue weighted by molar-refractivity contribution is 7.99. The van der Waals surface area contributed by atoms with Gasteiger partial charge in [-0.1, -0.05) is 41.6 Å². The molecule has 0 bridgehead atoms. The van der Waals surface area contributed by atoms with Crippen molar-refractivity contribution in [3.63, 3.8) is 0 Å². The maximum absolute atomic E-state index is 9.47.